The van der Waals surface area contributed by atoms with Gasteiger partial charge in [0.2, 0.25) is 5.89 Å². The van der Waals surface area contributed by atoms with E-state index in [9.17, 15) is 4.79 Å². The minimum absolute atomic E-state index is 0.119. The summed E-state index contributed by atoms with van der Waals surface area (Å²) >= 11 is 0. The molecule has 3 aromatic carbocycles. The van der Waals surface area contributed by atoms with E-state index < -0.39 is 5.97 Å². The molecular formula is C26H22BNO5. The van der Waals surface area contributed by atoms with Crippen LogP contribution in [0.5, 0.6) is 11.5 Å². The molecule has 0 amide bonds. The standard InChI is InChI=1S/C26H22BNO5/c1-17-14-21(12-13-22(17)32-16-24(29)30-2)31-15-23-28-26(27)25(33-23)20-10-8-19(9-11-20)18-6-4-3-5-7-18/h3-14H,15-16H2,1-2H3. The summed E-state index contributed by atoms with van der Waals surface area (Å²) in [5.74, 6) is 1.63. The maximum Gasteiger partial charge on any atom is 0.343 e. The molecule has 4 rings (SSSR count). The molecule has 1 heterocycles. The number of carbonyl (C=O) groups excluding carboxylic acids is 1. The number of oxazole rings is 1. The number of aromatic nitrogens is 1. The SMILES string of the molecule is [B]c1nc(COc2ccc(OCC(=O)OC)c(C)c2)oc1-c1ccc(-c2ccccc2)cc1. The van der Waals surface area contributed by atoms with Crippen molar-refractivity contribution in [3.05, 3.63) is 84.3 Å². The number of hydrogen-bond donors (Lipinski definition) is 0. The highest BCUT2D eigenvalue weighted by Gasteiger charge is 2.13. The highest BCUT2D eigenvalue weighted by Crippen LogP contribution is 2.26. The lowest BCUT2D eigenvalue weighted by Crippen LogP contribution is -2.13. The minimum Gasteiger partial charge on any atom is -0.484 e. The van der Waals surface area contributed by atoms with Gasteiger partial charge in [0.1, 0.15) is 25.1 Å². The van der Waals surface area contributed by atoms with Crippen LogP contribution in [0.3, 0.4) is 0 Å². The summed E-state index contributed by atoms with van der Waals surface area (Å²) in [7, 11) is 7.41. The Balaban J connectivity index is 1.41. The highest BCUT2D eigenvalue weighted by atomic mass is 16.6. The molecule has 7 heteroatoms. The average Bonchev–Trinajstić information content (AvgIpc) is 3.23. The number of carbonyl (C=O) groups is 1. The number of benzene rings is 3. The Labute approximate surface area is 193 Å². The predicted molar refractivity (Wildman–Crippen MR) is 126 cm³/mol. The molecule has 0 saturated carbocycles. The van der Waals surface area contributed by atoms with Gasteiger partial charge in [0.05, 0.1) is 7.11 Å². The van der Waals surface area contributed by atoms with E-state index >= 15 is 0 Å². The lowest BCUT2D eigenvalue weighted by Gasteiger charge is -2.10. The molecule has 2 radical (unpaired) electrons. The number of hydrogen-bond acceptors (Lipinski definition) is 6. The maximum absolute atomic E-state index is 11.2. The summed E-state index contributed by atoms with van der Waals surface area (Å²) in [6.45, 7) is 1.83. The number of rotatable bonds is 8. The zero-order valence-electron chi connectivity index (χ0n) is 18.4. The van der Waals surface area contributed by atoms with E-state index in [0.29, 0.717) is 28.7 Å². The van der Waals surface area contributed by atoms with Crippen molar-refractivity contribution in [1.29, 1.82) is 0 Å². The number of nitrogens with zero attached hydrogens (tertiary/aromatic N) is 1. The molecule has 0 aliphatic carbocycles. The molecule has 0 atom stereocenters. The van der Waals surface area contributed by atoms with Crippen LogP contribution in [0.15, 0.2) is 77.2 Å². The summed E-state index contributed by atoms with van der Waals surface area (Å²) in [6.07, 6.45) is 0. The molecule has 0 bridgehead atoms. The number of methoxy groups -OCH3 is 1. The van der Waals surface area contributed by atoms with Crippen molar-refractivity contribution in [3.8, 4) is 33.9 Å². The molecule has 0 spiro atoms. The Morgan fingerprint density at radius 2 is 1.64 bits per heavy atom. The smallest absolute Gasteiger partial charge is 0.343 e. The molecule has 6 nitrogen and oxygen atoms in total. The topological polar surface area (TPSA) is 70.8 Å². The van der Waals surface area contributed by atoms with Gasteiger partial charge in [0.15, 0.2) is 13.2 Å². The Morgan fingerprint density at radius 3 is 2.33 bits per heavy atom. The third kappa shape index (κ3) is 5.44. The molecule has 0 aliphatic heterocycles. The molecule has 0 fully saturated rings. The van der Waals surface area contributed by atoms with Crippen molar-refractivity contribution in [2.24, 2.45) is 0 Å². The van der Waals surface area contributed by atoms with Crippen molar-refractivity contribution in [1.82, 2.24) is 4.98 Å². The normalized spacial score (nSPS) is 10.6. The Morgan fingerprint density at radius 1 is 0.939 bits per heavy atom. The molecule has 33 heavy (non-hydrogen) atoms. The summed E-state index contributed by atoms with van der Waals surface area (Å²) < 4.78 is 21.7. The second-order valence-corrected chi connectivity index (χ2v) is 7.35. The third-order valence-electron chi connectivity index (χ3n) is 5.03. The lowest BCUT2D eigenvalue weighted by molar-refractivity contribution is -0.142. The molecule has 4 aromatic rings. The monoisotopic (exact) mass is 439 g/mol. The Hall–Kier alpha value is -4.00. The summed E-state index contributed by atoms with van der Waals surface area (Å²) in [5, 5.41) is 0. The van der Waals surface area contributed by atoms with Gasteiger partial charge in [-0.1, -0.05) is 54.6 Å². The summed E-state index contributed by atoms with van der Waals surface area (Å²) in [5.41, 5.74) is 4.22. The molecule has 0 aliphatic rings. The van der Waals surface area contributed by atoms with Crippen LogP contribution in [0.25, 0.3) is 22.5 Å². The molecule has 1 aromatic heterocycles. The fraction of sp³-hybridized carbons (Fsp3) is 0.154. The average molecular weight is 439 g/mol. The van der Waals surface area contributed by atoms with Gasteiger partial charge in [-0.3, -0.25) is 0 Å². The first-order valence-corrected chi connectivity index (χ1v) is 10.4. The van der Waals surface area contributed by atoms with E-state index in [-0.39, 0.29) is 13.2 Å². The first kappa shape index (κ1) is 22.2. The molecule has 0 N–H and O–H groups in total. The van der Waals surface area contributed by atoms with Crippen molar-refractivity contribution in [2.75, 3.05) is 13.7 Å². The predicted octanol–water partition coefficient (Wildman–Crippen LogP) is 4.24. The van der Waals surface area contributed by atoms with E-state index in [1.807, 2.05) is 55.5 Å². The van der Waals surface area contributed by atoms with Crippen LogP contribution in [0.2, 0.25) is 0 Å². The molecular weight excluding hydrogens is 417 g/mol. The zero-order chi connectivity index (χ0) is 23.2. The van der Waals surface area contributed by atoms with Crippen LogP contribution in [0.1, 0.15) is 11.5 Å². The van der Waals surface area contributed by atoms with Gasteiger partial charge in [-0.2, -0.15) is 0 Å². The first-order chi connectivity index (χ1) is 16.0. The number of esters is 1. The van der Waals surface area contributed by atoms with Crippen molar-refractivity contribution < 1.29 is 23.4 Å². The molecule has 164 valence electrons. The Kier molecular flexibility index (Phi) is 6.79. The number of ether oxygens (including phenoxy) is 3. The van der Waals surface area contributed by atoms with Gasteiger partial charge >= 0.3 is 5.97 Å². The quantitative estimate of drug-likeness (QED) is 0.302. The second-order valence-electron chi connectivity index (χ2n) is 7.35. The lowest BCUT2D eigenvalue weighted by atomic mass is 9.97. The van der Waals surface area contributed by atoms with Crippen molar-refractivity contribution in [2.45, 2.75) is 13.5 Å². The van der Waals surface area contributed by atoms with E-state index in [1.54, 1.807) is 12.1 Å². The van der Waals surface area contributed by atoms with Gasteiger partial charge in [0.25, 0.3) is 0 Å². The van der Waals surface area contributed by atoms with E-state index in [0.717, 1.165) is 22.3 Å². The fourth-order valence-electron chi connectivity index (χ4n) is 3.31. The summed E-state index contributed by atoms with van der Waals surface area (Å²) in [6, 6.07) is 23.4. The van der Waals surface area contributed by atoms with Crippen molar-refractivity contribution in [3.63, 3.8) is 0 Å². The Bertz CT molecular complexity index is 1240. The van der Waals surface area contributed by atoms with Gasteiger partial charge in [-0.25, -0.2) is 9.78 Å². The van der Waals surface area contributed by atoms with E-state index in [2.05, 4.69) is 21.9 Å². The molecule has 0 unspecified atom stereocenters. The highest BCUT2D eigenvalue weighted by molar-refractivity contribution is 6.33. The van der Waals surface area contributed by atoms with Crippen LogP contribution in [-0.2, 0) is 16.1 Å². The first-order valence-electron chi connectivity index (χ1n) is 10.4. The largest absolute Gasteiger partial charge is 0.484 e. The van der Waals surface area contributed by atoms with Crippen LogP contribution in [-0.4, -0.2) is 32.5 Å². The van der Waals surface area contributed by atoms with Crippen molar-refractivity contribution >= 4 is 19.4 Å². The van der Waals surface area contributed by atoms with Crippen LogP contribution in [0.4, 0.5) is 0 Å². The third-order valence-corrected chi connectivity index (χ3v) is 5.03. The number of aryl methyl sites for hydroxylation is 1. The van der Waals surface area contributed by atoms with Crippen LogP contribution >= 0.6 is 0 Å². The van der Waals surface area contributed by atoms with E-state index in [4.69, 9.17) is 21.7 Å². The van der Waals surface area contributed by atoms with Crippen LogP contribution in [0, 0.1) is 6.92 Å². The van der Waals surface area contributed by atoms with Crippen LogP contribution < -0.4 is 15.1 Å². The fourth-order valence-corrected chi connectivity index (χ4v) is 3.31. The maximum atomic E-state index is 11.2. The minimum atomic E-state index is -0.443. The van der Waals surface area contributed by atoms with E-state index in [1.165, 1.54) is 7.11 Å². The van der Waals surface area contributed by atoms with Gasteiger partial charge in [-0.05, 0) is 41.8 Å². The van der Waals surface area contributed by atoms with Gasteiger partial charge < -0.3 is 18.6 Å². The summed E-state index contributed by atoms with van der Waals surface area (Å²) in [4.78, 5) is 15.5. The molecule has 0 saturated heterocycles. The van der Waals surface area contributed by atoms with Gasteiger partial charge in [-0.15, -0.1) is 0 Å². The van der Waals surface area contributed by atoms with Gasteiger partial charge in [0, 0.05) is 11.2 Å². The second kappa shape index (κ2) is 10.1. The zero-order valence-corrected chi connectivity index (χ0v) is 18.4.